The Hall–Kier alpha value is -2.23. The van der Waals surface area contributed by atoms with E-state index in [0.717, 1.165) is 5.56 Å². The maximum absolute atomic E-state index is 14.2. The van der Waals surface area contributed by atoms with Crippen molar-refractivity contribution in [2.24, 2.45) is 34.0 Å². The lowest BCUT2D eigenvalue weighted by atomic mass is 9.35. The van der Waals surface area contributed by atoms with E-state index in [-0.39, 0.29) is 36.6 Å². The highest BCUT2D eigenvalue weighted by Crippen LogP contribution is 2.81. The number of furan rings is 1. The SMILES string of the molecule is C[C@H]1C[C@@H]2C34COC(=O)C[C@@H]3OC(C)(C)[C@@H]4C(=O)[C@H](O)[C@@]2(C)C23OC2C(=O)O[C@@H](c2ccoc2)[C@]13C. The van der Waals surface area contributed by atoms with Crippen molar-refractivity contribution in [3.8, 4) is 0 Å². The molecule has 1 N–H and O–H groups in total. The molecule has 0 aromatic carbocycles. The molecule has 0 amide bonds. The molecule has 5 heterocycles. The second-order valence-corrected chi connectivity index (χ2v) is 12.8. The van der Waals surface area contributed by atoms with Crippen LogP contribution in [-0.2, 0) is 33.3 Å². The molecule has 0 bridgehead atoms. The minimum Gasteiger partial charge on any atom is -0.472 e. The van der Waals surface area contributed by atoms with E-state index in [1.165, 1.54) is 0 Å². The highest BCUT2D eigenvalue weighted by molar-refractivity contribution is 5.92. The molecule has 9 nitrogen and oxygen atoms in total. The molecule has 11 atom stereocenters. The number of carbonyl (C=O) groups excluding carboxylic acids is 3. The van der Waals surface area contributed by atoms with Crippen molar-refractivity contribution in [2.75, 3.05) is 6.61 Å². The van der Waals surface area contributed by atoms with Crippen molar-refractivity contribution in [1.82, 2.24) is 0 Å². The van der Waals surface area contributed by atoms with Crippen molar-refractivity contribution in [3.63, 3.8) is 0 Å². The standard InChI is InChI=1S/C27H32O9/c1-12-8-14-25(5,27-21(36-27)22(31)34-20(24(12,27)4)13-6-7-32-10-13)19(30)17(29)18-23(2,3)35-15-9-16(28)33-11-26(14,15)18/h6-7,10,12,14-15,18-21,30H,8-9,11H2,1-5H3/t12-,14-,15-,18-,19-,20-,21?,24-,25-,26?,27?/m0/s1. The van der Waals surface area contributed by atoms with Gasteiger partial charge in [0.05, 0.1) is 36.6 Å². The Bertz CT molecular complexity index is 1190. The van der Waals surface area contributed by atoms with Crippen LogP contribution >= 0.6 is 0 Å². The maximum Gasteiger partial charge on any atom is 0.339 e. The lowest BCUT2D eigenvalue weighted by Gasteiger charge is -2.68. The summed E-state index contributed by atoms with van der Waals surface area (Å²) in [6.45, 7) is 9.80. The zero-order valence-electron chi connectivity index (χ0n) is 21.1. The van der Waals surface area contributed by atoms with Gasteiger partial charge in [-0.05, 0) is 38.2 Å². The summed E-state index contributed by atoms with van der Waals surface area (Å²) < 4.78 is 29.8. The number of carbonyl (C=O) groups is 3. The number of epoxide rings is 1. The lowest BCUT2D eigenvalue weighted by molar-refractivity contribution is -0.264. The van der Waals surface area contributed by atoms with E-state index in [0.29, 0.717) is 6.42 Å². The van der Waals surface area contributed by atoms with Crippen LogP contribution in [-0.4, -0.2) is 58.9 Å². The molecule has 3 unspecified atom stereocenters. The average molecular weight is 501 g/mol. The molecule has 0 radical (unpaired) electrons. The second-order valence-electron chi connectivity index (χ2n) is 12.8. The van der Waals surface area contributed by atoms with Crippen molar-refractivity contribution < 1.29 is 42.9 Å². The molecule has 194 valence electrons. The van der Waals surface area contributed by atoms with Gasteiger partial charge in [-0.1, -0.05) is 20.8 Å². The summed E-state index contributed by atoms with van der Waals surface area (Å²) in [7, 11) is 0. The van der Waals surface area contributed by atoms with Crippen LogP contribution in [0.2, 0.25) is 0 Å². The Kier molecular flexibility index (Phi) is 4.09. The Morgan fingerprint density at radius 2 is 1.78 bits per heavy atom. The molecule has 7 rings (SSSR count). The molecule has 6 fully saturated rings. The number of Topliss-reactive ketones (excluding diaryl/α,β-unsaturated/α-hetero) is 1. The number of hydrogen-bond donors (Lipinski definition) is 1. The van der Waals surface area contributed by atoms with E-state index < -0.39 is 63.8 Å². The number of aliphatic hydroxyl groups excluding tert-OH is 1. The van der Waals surface area contributed by atoms with Gasteiger partial charge in [0.1, 0.15) is 24.4 Å². The van der Waals surface area contributed by atoms with E-state index in [9.17, 15) is 19.5 Å². The van der Waals surface area contributed by atoms with Gasteiger partial charge in [-0.3, -0.25) is 9.59 Å². The van der Waals surface area contributed by atoms with Gasteiger partial charge in [-0.15, -0.1) is 0 Å². The first-order valence-corrected chi connectivity index (χ1v) is 12.8. The first-order valence-electron chi connectivity index (χ1n) is 12.8. The maximum atomic E-state index is 14.2. The molecule has 4 saturated heterocycles. The quantitative estimate of drug-likeness (QED) is 0.457. The molecule has 6 aliphatic rings. The molecule has 1 aromatic rings. The van der Waals surface area contributed by atoms with Gasteiger partial charge in [-0.2, -0.15) is 0 Å². The molecule has 2 spiro atoms. The van der Waals surface area contributed by atoms with Gasteiger partial charge in [0.25, 0.3) is 0 Å². The third kappa shape index (κ3) is 2.13. The number of rotatable bonds is 1. The summed E-state index contributed by atoms with van der Waals surface area (Å²) in [5, 5.41) is 11.9. The number of esters is 2. The highest BCUT2D eigenvalue weighted by atomic mass is 16.7. The first kappa shape index (κ1) is 22.9. The summed E-state index contributed by atoms with van der Waals surface area (Å²) >= 11 is 0. The van der Waals surface area contributed by atoms with Crippen LogP contribution in [0.1, 0.15) is 59.1 Å². The first-order chi connectivity index (χ1) is 16.9. The Balaban J connectivity index is 1.46. The number of cyclic esters (lactones) is 2. The van der Waals surface area contributed by atoms with Gasteiger partial charge in [0.2, 0.25) is 0 Å². The van der Waals surface area contributed by atoms with E-state index in [4.69, 9.17) is 23.4 Å². The predicted molar refractivity (Wildman–Crippen MR) is 120 cm³/mol. The van der Waals surface area contributed by atoms with Crippen LogP contribution in [0.25, 0.3) is 0 Å². The number of ether oxygens (including phenoxy) is 4. The van der Waals surface area contributed by atoms with Gasteiger partial charge in [0.15, 0.2) is 11.9 Å². The number of hydrogen-bond acceptors (Lipinski definition) is 9. The van der Waals surface area contributed by atoms with Crippen molar-refractivity contribution >= 4 is 17.7 Å². The Morgan fingerprint density at radius 1 is 1.03 bits per heavy atom. The van der Waals surface area contributed by atoms with Crippen molar-refractivity contribution in [3.05, 3.63) is 24.2 Å². The van der Waals surface area contributed by atoms with Gasteiger partial charge >= 0.3 is 11.9 Å². The molecule has 2 aliphatic carbocycles. The summed E-state index contributed by atoms with van der Waals surface area (Å²) in [5.41, 5.74) is -4.02. The number of ketones is 1. The van der Waals surface area contributed by atoms with Crippen LogP contribution < -0.4 is 0 Å². The predicted octanol–water partition coefficient (Wildman–Crippen LogP) is 2.35. The highest BCUT2D eigenvalue weighted by Gasteiger charge is 2.91. The third-order valence-corrected chi connectivity index (χ3v) is 11.3. The normalized spacial score (nSPS) is 54.3. The largest absolute Gasteiger partial charge is 0.472 e. The molecule has 36 heavy (non-hydrogen) atoms. The van der Waals surface area contributed by atoms with E-state index in [1.807, 2.05) is 27.7 Å². The third-order valence-electron chi connectivity index (χ3n) is 11.3. The molecular formula is C27H32O9. The smallest absolute Gasteiger partial charge is 0.339 e. The van der Waals surface area contributed by atoms with Crippen LogP contribution in [0.5, 0.6) is 0 Å². The molecule has 1 aromatic heterocycles. The fraction of sp³-hybridized carbons (Fsp3) is 0.741. The Labute approximate surface area is 208 Å². The average Bonchev–Trinajstić information content (AvgIpc) is 3.28. The topological polar surface area (TPSA) is 125 Å². The van der Waals surface area contributed by atoms with Crippen molar-refractivity contribution in [2.45, 2.75) is 83.1 Å². The molecular weight excluding hydrogens is 468 g/mol. The fourth-order valence-corrected chi connectivity index (χ4v) is 9.78. The zero-order valence-corrected chi connectivity index (χ0v) is 21.1. The minimum absolute atomic E-state index is 0.0361. The molecule has 4 aliphatic heterocycles. The Morgan fingerprint density at radius 3 is 2.47 bits per heavy atom. The molecule has 9 heteroatoms. The summed E-state index contributed by atoms with van der Waals surface area (Å²) in [5.74, 6) is -2.17. The van der Waals surface area contributed by atoms with E-state index in [2.05, 4.69) is 6.92 Å². The van der Waals surface area contributed by atoms with Crippen LogP contribution in [0.15, 0.2) is 23.0 Å². The fourth-order valence-electron chi connectivity index (χ4n) is 9.78. The van der Waals surface area contributed by atoms with E-state index >= 15 is 0 Å². The van der Waals surface area contributed by atoms with E-state index in [1.54, 1.807) is 18.6 Å². The summed E-state index contributed by atoms with van der Waals surface area (Å²) in [6, 6.07) is 1.78. The van der Waals surface area contributed by atoms with Gasteiger partial charge < -0.3 is 28.5 Å². The summed E-state index contributed by atoms with van der Waals surface area (Å²) in [4.78, 5) is 39.8. The summed E-state index contributed by atoms with van der Waals surface area (Å²) in [6.07, 6.45) is 0.319. The lowest BCUT2D eigenvalue weighted by Crippen LogP contribution is -2.77. The number of aliphatic hydroxyl groups is 1. The van der Waals surface area contributed by atoms with Crippen LogP contribution in [0.4, 0.5) is 0 Å². The van der Waals surface area contributed by atoms with Crippen LogP contribution in [0, 0.1) is 34.0 Å². The molecule has 2 saturated carbocycles. The zero-order chi connectivity index (χ0) is 25.6. The van der Waals surface area contributed by atoms with Crippen LogP contribution in [0.3, 0.4) is 0 Å². The number of fused-ring (bicyclic) bond motifs is 1. The second kappa shape index (κ2) is 6.42. The van der Waals surface area contributed by atoms with Gasteiger partial charge in [-0.25, -0.2) is 4.79 Å². The minimum atomic E-state index is -1.38. The monoisotopic (exact) mass is 500 g/mol. The van der Waals surface area contributed by atoms with Gasteiger partial charge in [0, 0.05) is 21.8 Å². The van der Waals surface area contributed by atoms with Crippen molar-refractivity contribution in [1.29, 1.82) is 0 Å².